The van der Waals surface area contributed by atoms with E-state index >= 15 is 0 Å². The molecule has 5 heteroatoms. The number of carbonyl (C=O) groups excluding carboxylic acids is 1. The third kappa shape index (κ3) is 2.61. The van der Waals surface area contributed by atoms with Gasteiger partial charge in [-0.05, 0) is 24.1 Å². The van der Waals surface area contributed by atoms with E-state index in [1.54, 1.807) is 12.1 Å². The number of nitrogens with zero attached hydrogens (tertiary/aromatic N) is 2. The Balaban J connectivity index is 1.61. The largest absolute Gasteiger partial charge is 0.464 e. The van der Waals surface area contributed by atoms with Crippen LogP contribution in [-0.4, -0.2) is 29.3 Å². The monoisotopic (exact) mass is 269 g/mol. The van der Waals surface area contributed by atoms with Gasteiger partial charge in [0.05, 0.1) is 7.11 Å². The Morgan fingerprint density at radius 2 is 2.00 bits per heavy atom. The highest BCUT2D eigenvalue weighted by molar-refractivity contribution is 5.86. The highest BCUT2D eigenvalue weighted by Gasteiger charge is 2.38. The molecule has 1 aliphatic rings. The Hall–Kier alpha value is -2.43. The molecule has 1 aromatic heterocycles. The fourth-order valence-electron chi connectivity index (χ4n) is 2.24. The number of anilines is 1. The van der Waals surface area contributed by atoms with Crippen molar-refractivity contribution in [3.63, 3.8) is 0 Å². The summed E-state index contributed by atoms with van der Waals surface area (Å²) in [4.78, 5) is 11.3. The van der Waals surface area contributed by atoms with E-state index in [9.17, 15) is 4.79 Å². The summed E-state index contributed by atoms with van der Waals surface area (Å²) >= 11 is 0. The highest BCUT2D eigenvalue weighted by atomic mass is 16.5. The van der Waals surface area contributed by atoms with E-state index in [2.05, 4.69) is 44.5 Å². The lowest BCUT2D eigenvalue weighted by molar-refractivity contribution is 0.0593. The SMILES string of the molecule is COC(=O)c1ccc(NC2CC2c2ccccc2)nn1. The van der Waals surface area contributed by atoms with Gasteiger partial charge in [0, 0.05) is 12.0 Å². The molecule has 102 valence electrons. The molecule has 0 bridgehead atoms. The average molecular weight is 269 g/mol. The van der Waals surface area contributed by atoms with Gasteiger partial charge in [-0.3, -0.25) is 0 Å². The standard InChI is InChI=1S/C15H15N3O2/c1-20-15(19)12-7-8-14(18-17-12)16-13-9-11(13)10-5-3-2-4-6-10/h2-8,11,13H,9H2,1H3,(H,16,18). The number of hydrogen-bond donors (Lipinski definition) is 1. The lowest BCUT2D eigenvalue weighted by atomic mass is 10.1. The Morgan fingerprint density at radius 3 is 2.65 bits per heavy atom. The zero-order chi connectivity index (χ0) is 13.9. The van der Waals surface area contributed by atoms with Crippen molar-refractivity contribution in [3.05, 3.63) is 53.7 Å². The molecule has 20 heavy (non-hydrogen) atoms. The van der Waals surface area contributed by atoms with Crippen LogP contribution in [0.1, 0.15) is 28.4 Å². The first-order valence-corrected chi connectivity index (χ1v) is 6.51. The zero-order valence-corrected chi connectivity index (χ0v) is 11.1. The van der Waals surface area contributed by atoms with Crippen LogP contribution in [0.5, 0.6) is 0 Å². The van der Waals surface area contributed by atoms with Crippen LogP contribution in [0.2, 0.25) is 0 Å². The molecule has 0 radical (unpaired) electrons. The van der Waals surface area contributed by atoms with Crippen molar-refractivity contribution in [2.75, 3.05) is 12.4 Å². The van der Waals surface area contributed by atoms with Gasteiger partial charge in [0.1, 0.15) is 5.82 Å². The summed E-state index contributed by atoms with van der Waals surface area (Å²) in [5.74, 6) is 0.733. The summed E-state index contributed by atoms with van der Waals surface area (Å²) in [5, 5.41) is 11.2. The number of benzene rings is 1. The Kier molecular flexibility index (Phi) is 3.33. The van der Waals surface area contributed by atoms with Gasteiger partial charge < -0.3 is 10.1 Å². The van der Waals surface area contributed by atoms with Gasteiger partial charge in [0.15, 0.2) is 5.69 Å². The summed E-state index contributed by atoms with van der Waals surface area (Å²) in [6.45, 7) is 0. The van der Waals surface area contributed by atoms with Crippen LogP contribution >= 0.6 is 0 Å². The molecule has 3 rings (SSSR count). The third-order valence-electron chi connectivity index (χ3n) is 3.41. The Labute approximate surface area is 117 Å². The first-order chi connectivity index (χ1) is 9.78. The van der Waals surface area contributed by atoms with E-state index in [1.807, 2.05) is 6.07 Å². The van der Waals surface area contributed by atoms with Gasteiger partial charge in [-0.15, -0.1) is 10.2 Å². The van der Waals surface area contributed by atoms with E-state index in [-0.39, 0.29) is 5.69 Å². The van der Waals surface area contributed by atoms with Crippen molar-refractivity contribution in [2.45, 2.75) is 18.4 Å². The van der Waals surface area contributed by atoms with E-state index < -0.39 is 5.97 Å². The van der Waals surface area contributed by atoms with E-state index in [0.717, 1.165) is 6.42 Å². The fourth-order valence-corrected chi connectivity index (χ4v) is 2.24. The Bertz CT molecular complexity index is 598. The first-order valence-electron chi connectivity index (χ1n) is 6.51. The van der Waals surface area contributed by atoms with Gasteiger partial charge in [-0.1, -0.05) is 30.3 Å². The smallest absolute Gasteiger partial charge is 0.358 e. The molecule has 2 unspecified atom stereocenters. The van der Waals surface area contributed by atoms with Gasteiger partial charge in [-0.25, -0.2) is 4.79 Å². The van der Waals surface area contributed by atoms with E-state index in [1.165, 1.54) is 12.7 Å². The third-order valence-corrected chi connectivity index (χ3v) is 3.41. The molecule has 1 fully saturated rings. The molecule has 2 atom stereocenters. The number of rotatable bonds is 4. The fraction of sp³-hybridized carbons (Fsp3) is 0.267. The van der Waals surface area contributed by atoms with Crippen molar-refractivity contribution < 1.29 is 9.53 Å². The second-order valence-corrected chi connectivity index (χ2v) is 4.80. The molecule has 1 heterocycles. The van der Waals surface area contributed by atoms with Crippen LogP contribution < -0.4 is 5.32 Å². The van der Waals surface area contributed by atoms with Crippen molar-refractivity contribution in [3.8, 4) is 0 Å². The molecule has 5 nitrogen and oxygen atoms in total. The zero-order valence-electron chi connectivity index (χ0n) is 11.1. The predicted octanol–water partition coefficient (Wildman–Crippen LogP) is 2.23. The van der Waals surface area contributed by atoms with Gasteiger partial charge in [0.2, 0.25) is 0 Å². The minimum absolute atomic E-state index is 0.216. The molecule has 2 aromatic rings. The summed E-state index contributed by atoms with van der Waals surface area (Å²) in [7, 11) is 1.32. The molecule has 1 saturated carbocycles. The van der Waals surface area contributed by atoms with Crippen molar-refractivity contribution >= 4 is 11.8 Å². The molecule has 1 aliphatic carbocycles. The predicted molar refractivity (Wildman–Crippen MR) is 74.6 cm³/mol. The first kappa shape index (κ1) is 12.6. The van der Waals surface area contributed by atoms with Crippen LogP contribution in [0.25, 0.3) is 0 Å². The summed E-state index contributed by atoms with van der Waals surface area (Å²) in [5.41, 5.74) is 1.55. The molecule has 0 aliphatic heterocycles. The van der Waals surface area contributed by atoms with Crippen molar-refractivity contribution in [1.82, 2.24) is 10.2 Å². The summed E-state index contributed by atoms with van der Waals surface area (Å²) < 4.78 is 4.58. The van der Waals surface area contributed by atoms with Crippen LogP contribution in [-0.2, 0) is 4.74 Å². The van der Waals surface area contributed by atoms with Gasteiger partial charge in [0.25, 0.3) is 0 Å². The maximum absolute atomic E-state index is 11.3. The molecule has 1 N–H and O–H groups in total. The van der Waals surface area contributed by atoms with Crippen LogP contribution in [0.15, 0.2) is 42.5 Å². The summed E-state index contributed by atoms with van der Waals surface area (Å²) in [6.07, 6.45) is 1.09. The minimum Gasteiger partial charge on any atom is -0.464 e. The number of methoxy groups -OCH3 is 1. The molecule has 0 spiro atoms. The van der Waals surface area contributed by atoms with E-state index in [0.29, 0.717) is 17.8 Å². The highest BCUT2D eigenvalue weighted by Crippen LogP contribution is 2.42. The minimum atomic E-state index is -0.474. The normalized spacial score (nSPS) is 20.2. The maximum atomic E-state index is 11.3. The molecular weight excluding hydrogens is 254 g/mol. The number of ether oxygens (including phenoxy) is 1. The van der Waals surface area contributed by atoms with Crippen LogP contribution in [0.4, 0.5) is 5.82 Å². The lowest BCUT2D eigenvalue weighted by Crippen LogP contribution is -2.10. The van der Waals surface area contributed by atoms with Gasteiger partial charge >= 0.3 is 5.97 Å². The number of esters is 1. The average Bonchev–Trinajstić information content (AvgIpc) is 3.27. The van der Waals surface area contributed by atoms with Crippen molar-refractivity contribution in [2.24, 2.45) is 0 Å². The molecule has 0 saturated heterocycles. The van der Waals surface area contributed by atoms with Gasteiger partial charge in [-0.2, -0.15) is 0 Å². The Morgan fingerprint density at radius 1 is 1.20 bits per heavy atom. The number of carbonyl (C=O) groups is 1. The maximum Gasteiger partial charge on any atom is 0.358 e. The van der Waals surface area contributed by atoms with Crippen LogP contribution in [0.3, 0.4) is 0 Å². The van der Waals surface area contributed by atoms with E-state index in [4.69, 9.17) is 0 Å². The number of aromatic nitrogens is 2. The molecule has 1 aromatic carbocycles. The topological polar surface area (TPSA) is 64.1 Å². The second kappa shape index (κ2) is 5.28. The lowest BCUT2D eigenvalue weighted by Gasteiger charge is -2.05. The molecular formula is C15H15N3O2. The quantitative estimate of drug-likeness (QED) is 0.862. The number of hydrogen-bond acceptors (Lipinski definition) is 5. The van der Waals surface area contributed by atoms with Crippen LogP contribution in [0, 0.1) is 0 Å². The summed E-state index contributed by atoms with van der Waals surface area (Å²) in [6, 6.07) is 14.1. The molecule has 0 amide bonds. The second-order valence-electron chi connectivity index (χ2n) is 4.80. The number of nitrogens with one attached hydrogen (secondary N) is 1. The van der Waals surface area contributed by atoms with Crippen molar-refractivity contribution in [1.29, 1.82) is 0 Å².